The molecule has 2 aromatic rings. The topological polar surface area (TPSA) is 116 Å². The zero-order valence-electron chi connectivity index (χ0n) is 19.5. The van der Waals surface area contributed by atoms with Crippen LogP contribution < -0.4 is 5.32 Å². The van der Waals surface area contributed by atoms with E-state index in [-0.39, 0.29) is 37.8 Å². The molecule has 8 nitrogen and oxygen atoms in total. The number of carbonyl (C=O) groups excluding carboxylic acids is 2. The highest BCUT2D eigenvalue weighted by Gasteiger charge is 2.44. The van der Waals surface area contributed by atoms with E-state index >= 15 is 0 Å². The fraction of sp³-hybridized carbons (Fsp3) is 0.444. The number of hydrogen-bond donors (Lipinski definition) is 3. The summed E-state index contributed by atoms with van der Waals surface area (Å²) in [5.41, 5.74) is 4.21. The van der Waals surface area contributed by atoms with Crippen LogP contribution in [0, 0.1) is 5.41 Å². The molecule has 2 aromatic carbocycles. The van der Waals surface area contributed by atoms with E-state index in [1.54, 1.807) is 0 Å². The quantitative estimate of drug-likeness (QED) is 0.563. The van der Waals surface area contributed by atoms with Crippen molar-refractivity contribution in [3.8, 4) is 11.1 Å². The van der Waals surface area contributed by atoms with Gasteiger partial charge in [-0.3, -0.25) is 4.79 Å². The smallest absolute Gasteiger partial charge is 0.407 e. The molecule has 1 saturated heterocycles. The molecule has 0 unspecified atom stereocenters. The molecule has 184 valence electrons. The fourth-order valence-corrected chi connectivity index (χ4v) is 5.75. The van der Waals surface area contributed by atoms with Crippen molar-refractivity contribution in [2.45, 2.75) is 50.2 Å². The SMILES string of the molecule is O=C(NCC1(CC(=O)N2C[C@H](O)C[C@@H]2C(=O)O)CCC1)OCC1c2ccccc2-c2ccccc21. The molecule has 1 aliphatic heterocycles. The molecule has 8 heteroatoms. The minimum Gasteiger partial charge on any atom is -0.480 e. The van der Waals surface area contributed by atoms with Crippen molar-refractivity contribution in [3.63, 3.8) is 0 Å². The lowest BCUT2D eigenvalue weighted by molar-refractivity contribution is -0.149. The molecule has 1 saturated carbocycles. The van der Waals surface area contributed by atoms with Crippen LogP contribution in [0.5, 0.6) is 0 Å². The number of carbonyl (C=O) groups is 3. The Kier molecular flexibility index (Phi) is 6.23. The van der Waals surface area contributed by atoms with Crippen LogP contribution in [0.3, 0.4) is 0 Å². The van der Waals surface area contributed by atoms with E-state index in [1.165, 1.54) is 4.90 Å². The number of benzene rings is 2. The molecule has 2 atom stereocenters. The van der Waals surface area contributed by atoms with E-state index in [9.17, 15) is 24.6 Å². The summed E-state index contributed by atoms with van der Waals surface area (Å²) in [6.07, 6.45) is 1.35. The highest BCUT2D eigenvalue weighted by Crippen LogP contribution is 2.45. The molecule has 5 rings (SSSR count). The van der Waals surface area contributed by atoms with Gasteiger partial charge in [-0.2, -0.15) is 0 Å². The molecule has 0 bridgehead atoms. The van der Waals surface area contributed by atoms with Crippen LogP contribution in [0.4, 0.5) is 4.79 Å². The van der Waals surface area contributed by atoms with Crippen LogP contribution in [0.15, 0.2) is 48.5 Å². The Morgan fingerprint density at radius 2 is 1.66 bits per heavy atom. The van der Waals surface area contributed by atoms with E-state index < -0.39 is 29.6 Å². The summed E-state index contributed by atoms with van der Waals surface area (Å²) in [6, 6.07) is 15.3. The van der Waals surface area contributed by atoms with Crippen molar-refractivity contribution in [1.29, 1.82) is 0 Å². The van der Waals surface area contributed by atoms with Gasteiger partial charge in [-0.15, -0.1) is 0 Å². The van der Waals surface area contributed by atoms with Crippen LogP contribution >= 0.6 is 0 Å². The molecule has 1 heterocycles. The number of alkyl carbamates (subject to hydrolysis) is 1. The third-order valence-electron chi connectivity index (χ3n) is 7.78. The van der Waals surface area contributed by atoms with E-state index in [1.807, 2.05) is 24.3 Å². The Labute approximate surface area is 203 Å². The molecule has 0 aromatic heterocycles. The molecule has 3 N–H and O–H groups in total. The number of amides is 2. The number of aliphatic hydroxyl groups excluding tert-OH is 1. The summed E-state index contributed by atoms with van der Waals surface area (Å²) in [4.78, 5) is 38.2. The number of rotatable bonds is 7. The molecule has 2 fully saturated rings. The summed E-state index contributed by atoms with van der Waals surface area (Å²) in [5, 5.41) is 22.1. The van der Waals surface area contributed by atoms with Gasteiger partial charge in [-0.1, -0.05) is 55.0 Å². The highest BCUT2D eigenvalue weighted by atomic mass is 16.5. The second-order valence-electron chi connectivity index (χ2n) is 10.00. The first kappa shape index (κ1) is 23.4. The molecule has 0 spiro atoms. The van der Waals surface area contributed by atoms with Crippen molar-refractivity contribution >= 4 is 18.0 Å². The van der Waals surface area contributed by atoms with Gasteiger partial charge in [0.15, 0.2) is 0 Å². The normalized spacial score (nSPS) is 22.1. The Morgan fingerprint density at radius 1 is 1.03 bits per heavy atom. The van der Waals surface area contributed by atoms with Gasteiger partial charge < -0.3 is 25.2 Å². The Morgan fingerprint density at radius 3 is 2.23 bits per heavy atom. The summed E-state index contributed by atoms with van der Waals surface area (Å²) in [7, 11) is 0. The minimum absolute atomic E-state index is 0.0260. The van der Waals surface area contributed by atoms with Crippen molar-refractivity contribution in [1.82, 2.24) is 10.2 Å². The third kappa shape index (κ3) is 4.50. The first-order valence-corrected chi connectivity index (χ1v) is 12.2. The van der Waals surface area contributed by atoms with Crippen molar-refractivity contribution < 1.29 is 29.3 Å². The van der Waals surface area contributed by atoms with Crippen molar-refractivity contribution in [2.75, 3.05) is 19.7 Å². The van der Waals surface area contributed by atoms with Gasteiger partial charge >= 0.3 is 12.1 Å². The number of aliphatic hydroxyl groups is 1. The summed E-state index contributed by atoms with van der Waals surface area (Å²) in [6.45, 7) is 0.549. The van der Waals surface area contributed by atoms with Crippen LogP contribution in [0.2, 0.25) is 0 Å². The zero-order valence-corrected chi connectivity index (χ0v) is 19.5. The number of likely N-dealkylation sites (tertiary alicyclic amines) is 1. The Bertz CT molecular complexity index is 1100. The summed E-state index contributed by atoms with van der Waals surface area (Å²) in [5.74, 6) is -1.42. The first-order chi connectivity index (χ1) is 16.9. The molecule has 2 amide bonds. The van der Waals surface area contributed by atoms with Gasteiger partial charge in [0, 0.05) is 31.8 Å². The van der Waals surface area contributed by atoms with Gasteiger partial charge in [-0.05, 0) is 40.5 Å². The second kappa shape index (κ2) is 9.34. The third-order valence-corrected chi connectivity index (χ3v) is 7.78. The van der Waals surface area contributed by atoms with E-state index in [4.69, 9.17) is 4.74 Å². The van der Waals surface area contributed by atoms with E-state index in [2.05, 4.69) is 29.6 Å². The largest absolute Gasteiger partial charge is 0.480 e. The lowest BCUT2D eigenvalue weighted by Gasteiger charge is -2.42. The Balaban J connectivity index is 1.17. The number of hydrogen-bond acceptors (Lipinski definition) is 5. The number of carboxylic acids is 1. The fourth-order valence-electron chi connectivity index (χ4n) is 5.75. The number of nitrogens with one attached hydrogen (secondary N) is 1. The van der Waals surface area contributed by atoms with Gasteiger partial charge in [0.1, 0.15) is 12.6 Å². The number of aliphatic carboxylic acids is 1. The lowest BCUT2D eigenvalue weighted by atomic mass is 9.66. The van der Waals surface area contributed by atoms with E-state index in [0.29, 0.717) is 6.54 Å². The molecule has 0 radical (unpaired) electrons. The Hall–Kier alpha value is -3.39. The molecule has 35 heavy (non-hydrogen) atoms. The van der Waals surface area contributed by atoms with E-state index in [0.717, 1.165) is 41.5 Å². The van der Waals surface area contributed by atoms with Crippen LogP contribution in [0.1, 0.15) is 49.1 Å². The number of carboxylic acid groups (broad SMARTS) is 1. The standard InChI is InChI=1S/C27H30N2O6/c30-17-12-23(25(32)33)29(14-17)24(31)13-27(10-5-11-27)16-28-26(34)35-15-22-20-8-3-1-6-18(20)19-7-2-4-9-21(19)22/h1-4,6-9,17,22-23,30H,5,10-16H2,(H,28,34)(H,32,33)/t17-,23-/m1/s1. The monoisotopic (exact) mass is 478 g/mol. The predicted octanol–water partition coefficient (Wildman–Crippen LogP) is 3.13. The summed E-state index contributed by atoms with van der Waals surface area (Å²) >= 11 is 0. The lowest BCUT2D eigenvalue weighted by Crippen LogP contribution is -2.48. The highest BCUT2D eigenvalue weighted by molar-refractivity contribution is 5.85. The van der Waals surface area contributed by atoms with Crippen molar-refractivity contribution in [3.05, 3.63) is 59.7 Å². The van der Waals surface area contributed by atoms with Crippen molar-refractivity contribution in [2.24, 2.45) is 5.41 Å². The average molecular weight is 479 g/mol. The maximum atomic E-state index is 12.9. The first-order valence-electron chi connectivity index (χ1n) is 12.2. The maximum Gasteiger partial charge on any atom is 0.407 e. The second-order valence-corrected chi connectivity index (χ2v) is 10.00. The summed E-state index contributed by atoms with van der Waals surface area (Å²) < 4.78 is 5.61. The minimum atomic E-state index is -1.10. The molecular weight excluding hydrogens is 448 g/mol. The van der Waals surface area contributed by atoms with Gasteiger partial charge in [0.2, 0.25) is 5.91 Å². The van der Waals surface area contributed by atoms with Gasteiger partial charge in [0.25, 0.3) is 0 Å². The number of β-amino-alcohol motifs (C(OH)–C–C–N with tert-alkyl or cyclic N) is 1. The van der Waals surface area contributed by atoms with Gasteiger partial charge in [0.05, 0.1) is 6.10 Å². The molecule has 3 aliphatic rings. The van der Waals surface area contributed by atoms with Crippen LogP contribution in [-0.2, 0) is 14.3 Å². The van der Waals surface area contributed by atoms with Crippen LogP contribution in [0.25, 0.3) is 11.1 Å². The molecular formula is C27H30N2O6. The number of ether oxygens (including phenoxy) is 1. The van der Waals surface area contributed by atoms with Gasteiger partial charge in [-0.25, -0.2) is 9.59 Å². The number of fused-ring (bicyclic) bond motifs is 3. The van der Waals surface area contributed by atoms with Crippen LogP contribution in [-0.4, -0.2) is 64.9 Å². The molecule has 2 aliphatic carbocycles. The average Bonchev–Trinajstić information content (AvgIpc) is 3.38. The maximum absolute atomic E-state index is 12.9. The number of nitrogens with zero attached hydrogens (tertiary/aromatic N) is 1. The zero-order chi connectivity index (χ0) is 24.6. The predicted molar refractivity (Wildman–Crippen MR) is 128 cm³/mol.